The highest BCUT2D eigenvalue weighted by Crippen LogP contribution is 2.20. The summed E-state index contributed by atoms with van der Waals surface area (Å²) in [5, 5.41) is 4.79. The van der Waals surface area contributed by atoms with Gasteiger partial charge in [0.25, 0.3) is 5.91 Å². The van der Waals surface area contributed by atoms with Crippen LogP contribution in [0.1, 0.15) is 20.2 Å². The van der Waals surface area contributed by atoms with Crippen LogP contribution < -0.4 is 11.3 Å². The molecule has 0 unspecified atom stereocenters. The monoisotopic (exact) mass is 270 g/mol. The number of aromatic nitrogens is 2. The maximum absolute atomic E-state index is 11.3. The van der Waals surface area contributed by atoms with Gasteiger partial charge in [-0.25, -0.2) is 5.84 Å². The topological polar surface area (TPSA) is 72.9 Å². The summed E-state index contributed by atoms with van der Waals surface area (Å²) in [6.45, 7) is 2.50. The second-order valence-corrected chi connectivity index (χ2v) is 5.05. The van der Waals surface area contributed by atoms with E-state index < -0.39 is 0 Å². The Morgan fingerprint density at radius 3 is 3.00 bits per heavy atom. The maximum Gasteiger partial charge on any atom is 0.275 e. The number of carbonyl (C=O) groups is 1. The van der Waals surface area contributed by atoms with Gasteiger partial charge in [-0.1, -0.05) is 11.6 Å². The second-order valence-electron chi connectivity index (χ2n) is 3.47. The van der Waals surface area contributed by atoms with Gasteiger partial charge in [-0.3, -0.25) is 14.9 Å². The van der Waals surface area contributed by atoms with Crippen LogP contribution in [0, 0.1) is 6.92 Å². The Labute approximate surface area is 107 Å². The number of rotatable bonds is 3. The number of nitrogens with two attached hydrogens (primary N) is 1. The molecule has 0 spiro atoms. The Kier molecular flexibility index (Phi) is 3.46. The van der Waals surface area contributed by atoms with Gasteiger partial charge in [-0.05, 0) is 19.1 Å². The van der Waals surface area contributed by atoms with Gasteiger partial charge < -0.3 is 0 Å². The van der Waals surface area contributed by atoms with Crippen molar-refractivity contribution in [2.75, 3.05) is 0 Å². The largest absolute Gasteiger partial charge is 0.289 e. The molecule has 2 rings (SSSR count). The predicted octanol–water partition coefficient (Wildman–Crippen LogP) is 1.56. The lowest BCUT2D eigenvalue weighted by atomic mass is 10.4. The van der Waals surface area contributed by atoms with Crippen molar-refractivity contribution in [3.63, 3.8) is 0 Å². The summed E-state index contributed by atoms with van der Waals surface area (Å²) in [6.07, 6.45) is 1.61. The molecular formula is C10H11ClN4OS. The highest BCUT2D eigenvalue weighted by molar-refractivity contribution is 7.14. The van der Waals surface area contributed by atoms with Gasteiger partial charge in [0.15, 0.2) is 0 Å². The van der Waals surface area contributed by atoms with Gasteiger partial charge in [0.1, 0.15) is 0 Å². The molecule has 0 atom stereocenters. The normalized spacial score (nSPS) is 10.5. The van der Waals surface area contributed by atoms with E-state index >= 15 is 0 Å². The maximum atomic E-state index is 11.3. The van der Waals surface area contributed by atoms with E-state index in [2.05, 4.69) is 10.5 Å². The summed E-state index contributed by atoms with van der Waals surface area (Å²) in [4.78, 5) is 12.9. The SMILES string of the molecule is Cc1c(Cl)cnn1Cc1ccc(C(=O)NN)s1. The minimum absolute atomic E-state index is 0.281. The van der Waals surface area contributed by atoms with E-state index in [1.54, 1.807) is 16.9 Å². The first-order valence-electron chi connectivity index (χ1n) is 4.89. The first-order valence-corrected chi connectivity index (χ1v) is 6.09. The number of hydrogen-bond donors (Lipinski definition) is 2. The Balaban J connectivity index is 2.17. The van der Waals surface area contributed by atoms with E-state index in [9.17, 15) is 4.79 Å². The molecule has 0 radical (unpaired) electrons. The van der Waals surface area contributed by atoms with Gasteiger partial charge in [0.05, 0.1) is 28.3 Å². The van der Waals surface area contributed by atoms with E-state index in [1.165, 1.54) is 11.3 Å². The smallest absolute Gasteiger partial charge is 0.275 e. The Hall–Kier alpha value is -1.37. The Bertz CT molecular complexity index is 548. The highest BCUT2D eigenvalue weighted by atomic mass is 35.5. The quantitative estimate of drug-likeness (QED) is 0.505. The zero-order chi connectivity index (χ0) is 12.4. The van der Waals surface area contributed by atoms with Gasteiger partial charge in [-0.15, -0.1) is 11.3 Å². The van der Waals surface area contributed by atoms with Crippen LogP contribution in [0.5, 0.6) is 0 Å². The fourth-order valence-corrected chi connectivity index (χ4v) is 2.42. The molecule has 5 nitrogen and oxygen atoms in total. The average Bonchev–Trinajstić information content (AvgIpc) is 2.91. The number of carbonyl (C=O) groups excluding carboxylic acids is 1. The van der Waals surface area contributed by atoms with Gasteiger partial charge in [-0.2, -0.15) is 5.10 Å². The van der Waals surface area contributed by atoms with Crippen LogP contribution in [0.15, 0.2) is 18.3 Å². The molecule has 17 heavy (non-hydrogen) atoms. The number of halogens is 1. The van der Waals surface area contributed by atoms with Crippen molar-refractivity contribution in [3.05, 3.63) is 38.8 Å². The third kappa shape index (κ3) is 2.49. The van der Waals surface area contributed by atoms with Crippen molar-refractivity contribution in [2.45, 2.75) is 13.5 Å². The molecule has 2 heterocycles. The molecule has 0 aliphatic rings. The Morgan fingerprint density at radius 2 is 2.41 bits per heavy atom. The standard InChI is InChI=1S/C10H11ClN4OS/c1-6-8(11)4-13-15(6)5-7-2-3-9(17-7)10(16)14-12/h2-4H,5,12H2,1H3,(H,14,16). The van der Waals surface area contributed by atoms with Crippen molar-refractivity contribution in [2.24, 2.45) is 5.84 Å². The lowest BCUT2D eigenvalue weighted by Gasteiger charge is -2.01. The van der Waals surface area contributed by atoms with Crippen molar-refractivity contribution < 1.29 is 4.79 Å². The van der Waals surface area contributed by atoms with Crippen LogP contribution in [0.4, 0.5) is 0 Å². The summed E-state index contributed by atoms with van der Waals surface area (Å²) in [7, 11) is 0. The summed E-state index contributed by atoms with van der Waals surface area (Å²) < 4.78 is 1.79. The molecule has 0 aliphatic heterocycles. The molecule has 0 saturated carbocycles. The van der Waals surface area contributed by atoms with Crippen molar-refractivity contribution in [1.82, 2.24) is 15.2 Å². The Morgan fingerprint density at radius 1 is 1.65 bits per heavy atom. The van der Waals surface area contributed by atoms with E-state index in [4.69, 9.17) is 17.4 Å². The molecule has 2 aromatic heterocycles. The average molecular weight is 271 g/mol. The van der Waals surface area contributed by atoms with Gasteiger partial charge in [0.2, 0.25) is 0 Å². The minimum Gasteiger partial charge on any atom is -0.289 e. The summed E-state index contributed by atoms with van der Waals surface area (Å²) in [6, 6.07) is 3.62. The number of hydrazine groups is 1. The molecule has 2 aromatic rings. The molecule has 0 aromatic carbocycles. The molecule has 0 fully saturated rings. The van der Waals surface area contributed by atoms with E-state index in [-0.39, 0.29) is 5.91 Å². The molecule has 3 N–H and O–H groups in total. The summed E-state index contributed by atoms with van der Waals surface area (Å²) in [5.74, 6) is 4.78. The summed E-state index contributed by atoms with van der Waals surface area (Å²) in [5.41, 5.74) is 3.01. The molecule has 7 heteroatoms. The van der Waals surface area contributed by atoms with Crippen LogP contribution in [0.3, 0.4) is 0 Å². The fraction of sp³-hybridized carbons (Fsp3) is 0.200. The molecule has 0 bridgehead atoms. The number of amides is 1. The molecule has 90 valence electrons. The van der Waals surface area contributed by atoms with Crippen molar-refractivity contribution >= 4 is 28.8 Å². The fourth-order valence-electron chi connectivity index (χ4n) is 1.39. The second kappa shape index (κ2) is 4.87. The van der Waals surface area contributed by atoms with Gasteiger partial charge >= 0.3 is 0 Å². The molecule has 0 aliphatic carbocycles. The number of hydrogen-bond acceptors (Lipinski definition) is 4. The number of nitrogens with zero attached hydrogens (tertiary/aromatic N) is 2. The van der Waals surface area contributed by atoms with Crippen LogP contribution in [-0.2, 0) is 6.54 Å². The minimum atomic E-state index is -0.281. The molecule has 0 saturated heterocycles. The van der Waals surface area contributed by atoms with Crippen molar-refractivity contribution in [3.8, 4) is 0 Å². The summed E-state index contributed by atoms with van der Waals surface area (Å²) >= 11 is 7.30. The van der Waals surface area contributed by atoms with Crippen LogP contribution in [0.2, 0.25) is 5.02 Å². The third-order valence-electron chi connectivity index (χ3n) is 2.37. The van der Waals surface area contributed by atoms with E-state index in [1.807, 2.05) is 13.0 Å². The van der Waals surface area contributed by atoms with Gasteiger partial charge in [0, 0.05) is 4.88 Å². The van der Waals surface area contributed by atoms with Crippen LogP contribution in [-0.4, -0.2) is 15.7 Å². The first kappa shape index (κ1) is 12.1. The zero-order valence-electron chi connectivity index (χ0n) is 9.11. The zero-order valence-corrected chi connectivity index (χ0v) is 10.7. The molecule has 1 amide bonds. The van der Waals surface area contributed by atoms with Crippen LogP contribution in [0.25, 0.3) is 0 Å². The number of nitrogen functional groups attached to an aromatic ring is 1. The van der Waals surface area contributed by atoms with Crippen molar-refractivity contribution in [1.29, 1.82) is 0 Å². The number of nitrogens with one attached hydrogen (secondary N) is 1. The predicted molar refractivity (Wildman–Crippen MR) is 67.0 cm³/mol. The highest BCUT2D eigenvalue weighted by Gasteiger charge is 2.09. The lowest BCUT2D eigenvalue weighted by Crippen LogP contribution is -2.29. The number of thiophene rings is 1. The van der Waals surface area contributed by atoms with E-state index in [0.29, 0.717) is 16.4 Å². The van der Waals surface area contributed by atoms with Crippen LogP contribution >= 0.6 is 22.9 Å². The lowest BCUT2D eigenvalue weighted by molar-refractivity contribution is 0.0957. The first-order chi connectivity index (χ1) is 8.11. The molecular weight excluding hydrogens is 260 g/mol. The van der Waals surface area contributed by atoms with E-state index in [0.717, 1.165) is 10.6 Å². The third-order valence-corrected chi connectivity index (χ3v) is 3.81.